The molecule has 0 N–H and O–H groups in total. The third kappa shape index (κ3) is 3.46. The van der Waals surface area contributed by atoms with Crippen molar-refractivity contribution < 1.29 is 0 Å². The van der Waals surface area contributed by atoms with E-state index in [4.69, 9.17) is 0 Å². The van der Waals surface area contributed by atoms with E-state index < -0.39 is 0 Å². The number of nitrogens with zero attached hydrogens (tertiary/aromatic N) is 2. The fourth-order valence-corrected chi connectivity index (χ4v) is 3.27. The van der Waals surface area contributed by atoms with E-state index in [2.05, 4.69) is 16.7 Å². The minimum atomic E-state index is 0.865. The predicted molar refractivity (Wildman–Crippen MR) is 69.8 cm³/mol. The van der Waals surface area contributed by atoms with Crippen LogP contribution in [0.3, 0.4) is 0 Å². The van der Waals surface area contributed by atoms with E-state index in [-0.39, 0.29) is 0 Å². The molecule has 0 spiro atoms. The van der Waals surface area contributed by atoms with E-state index in [9.17, 15) is 0 Å². The molecule has 0 aromatic rings. The number of hydrogen-bond donors (Lipinski definition) is 0. The molecule has 2 saturated heterocycles. The molecule has 0 aliphatic carbocycles. The zero-order chi connectivity index (χ0) is 11.2. The van der Waals surface area contributed by atoms with Crippen molar-refractivity contribution in [2.24, 2.45) is 0 Å². The first kappa shape index (κ1) is 12.4. The quantitative estimate of drug-likeness (QED) is 0.708. The van der Waals surface area contributed by atoms with Gasteiger partial charge >= 0.3 is 0 Å². The van der Waals surface area contributed by atoms with Gasteiger partial charge in [-0.25, -0.2) is 0 Å². The summed E-state index contributed by atoms with van der Waals surface area (Å²) in [5.74, 6) is 0. The lowest BCUT2D eigenvalue weighted by atomic mass is 10.1. The Morgan fingerprint density at radius 1 is 0.875 bits per heavy atom. The highest BCUT2D eigenvalue weighted by molar-refractivity contribution is 4.77. The van der Waals surface area contributed by atoms with Gasteiger partial charge in [-0.15, -0.1) is 0 Å². The van der Waals surface area contributed by atoms with Crippen molar-refractivity contribution in [1.82, 2.24) is 9.80 Å². The van der Waals surface area contributed by atoms with Crippen LogP contribution >= 0.6 is 0 Å². The second kappa shape index (κ2) is 6.61. The second-order valence-corrected chi connectivity index (χ2v) is 5.50. The minimum Gasteiger partial charge on any atom is -0.303 e. The van der Waals surface area contributed by atoms with Gasteiger partial charge in [0.1, 0.15) is 0 Å². The van der Waals surface area contributed by atoms with Gasteiger partial charge in [0.15, 0.2) is 0 Å². The average molecular weight is 224 g/mol. The molecular weight excluding hydrogens is 196 g/mol. The summed E-state index contributed by atoms with van der Waals surface area (Å²) in [5.41, 5.74) is 0. The molecule has 0 aromatic heterocycles. The standard InChI is InChI=1S/C14H28N2/c1-2-14(16-11-6-7-12-16)8-13-15-9-4-3-5-10-15/h14H,2-13H2,1H3. The predicted octanol–water partition coefficient (Wildman–Crippen LogP) is 2.74. The van der Waals surface area contributed by atoms with Gasteiger partial charge in [0.2, 0.25) is 0 Å². The average Bonchev–Trinajstić information content (AvgIpc) is 2.85. The Labute approximate surface area is 101 Å². The zero-order valence-corrected chi connectivity index (χ0v) is 11.0. The van der Waals surface area contributed by atoms with Gasteiger partial charge in [-0.05, 0) is 71.2 Å². The van der Waals surface area contributed by atoms with Crippen molar-refractivity contribution in [3.8, 4) is 0 Å². The van der Waals surface area contributed by atoms with Gasteiger partial charge in [-0.1, -0.05) is 13.3 Å². The number of piperidine rings is 1. The van der Waals surface area contributed by atoms with Crippen LogP contribution in [0.2, 0.25) is 0 Å². The Morgan fingerprint density at radius 3 is 2.12 bits per heavy atom. The summed E-state index contributed by atoms with van der Waals surface area (Å²) in [4.78, 5) is 5.41. The highest BCUT2D eigenvalue weighted by Gasteiger charge is 2.21. The van der Waals surface area contributed by atoms with Crippen molar-refractivity contribution >= 4 is 0 Å². The fraction of sp³-hybridized carbons (Fsp3) is 1.00. The molecule has 2 nitrogen and oxygen atoms in total. The van der Waals surface area contributed by atoms with Crippen molar-refractivity contribution in [3.05, 3.63) is 0 Å². The van der Waals surface area contributed by atoms with Crippen LogP contribution in [0.1, 0.15) is 51.9 Å². The molecule has 2 aliphatic rings. The Balaban J connectivity index is 1.69. The van der Waals surface area contributed by atoms with E-state index >= 15 is 0 Å². The summed E-state index contributed by atoms with van der Waals surface area (Å²) < 4.78 is 0. The Kier molecular flexibility index (Phi) is 5.11. The zero-order valence-electron chi connectivity index (χ0n) is 11.0. The van der Waals surface area contributed by atoms with E-state index in [1.807, 2.05) is 0 Å². The summed E-state index contributed by atoms with van der Waals surface area (Å²) in [7, 11) is 0. The van der Waals surface area contributed by atoms with Crippen LogP contribution in [0.25, 0.3) is 0 Å². The Bertz CT molecular complexity index is 181. The number of hydrogen-bond acceptors (Lipinski definition) is 2. The highest BCUT2D eigenvalue weighted by Crippen LogP contribution is 2.18. The highest BCUT2D eigenvalue weighted by atomic mass is 15.2. The van der Waals surface area contributed by atoms with Gasteiger partial charge in [-0.3, -0.25) is 0 Å². The van der Waals surface area contributed by atoms with Crippen LogP contribution in [0.4, 0.5) is 0 Å². The van der Waals surface area contributed by atoms with E-state index in [0.29, 0.717) is 0 Å². The third-order valence-electron chi connectivity index (χ3n) is 4.36. The third-order valence-corrected chi connectivity index (χ3v) is 4.36. The molecule has 2 heterocycles. The van der Waals surface area contributed by atoms with Crippen LogP contribution in [-0.2, 0) is 0 Å². The first-order chi connectivity index (χ1) is 7.90. The van der Waals surface area contributed by atoms with Crippen LogP contribution in [0, 0.1) is 0 Å². The van der Waals surface area contributed by atoms with Crippen molar-refractivity contribution in [2.45, 2.75) is 57.9 Å². The first-order valence-corrected chi connectivity index (χ1v) is 7.36. The van der Waals surface area contributed by atoms with E-state index in [1.54, 1.807) is 0 Å². The molecule has 2 rings (SSSR count). The van der Waals surface area contributed by atoms with E-state index in [1.165, 1.54) is 77.7 Å². The van der Waals surface area contributed by atoms with Gasteiger partial charge < -0.3 is 9.80 Å². The maximum absolute atomic E-state index is 2.73. The summed E-state index contributed by atoms with van der Waals surface area (Å²) in [6.45, 7) is 9.14. The molecular formula is C14H28N2. The molecule has 0 radical (unpaired) electrons. The molecule has 0 aromatic carbocycles. The monoisotopic (exact) mass is 224 g/mol. The molecule has 16 heavy (non-hydrogen) atoms. The lowest BCUT2D eigenvalue weighted by molar-refractivity contribution is 0.172. The maximum atomic E-state index is 2.73. The summed E-state index contributed by atoms with van der Waals surface area (Å²) in [5, 5.41) is 0. The number of rotatable bonds is 5. The summed E-state index contributed by atoms with van der Waals surface area (Å²) >= 11 is 0. The Morgan fingerprint density at radius 2 is 1.50 bits per heavy atom. The topological polar surface area (TPSA) is 6.48 Å². The van der Waals surface area contributed by atoms with Gasteiger partial charge in [0.05, 0.1) is 0 Å². The van der Waals surface area contributed by atoms with Crippen molar-refractivity contribution in [3.63, 3.8) is 0 Å². The van der Waals surface area contributed by atoms with E-state index in [0.717, 1.165) is 6.04 Å². The lowest BCUT2D eigenvalue weighted by Crippen LogP contribution is -2.37. The first-order valence-electron chi connectivity index (χ1n) is 7.36. The minimum absolute atomic E-state index is 0.865. The van der Waals surface area contributed by atoms with Crippen LogP contribution < -0.4 is 0 Å². The summed E-state index contributed by atoms with van der Waals surface area (Å²) in [6, 6.07) is 0.865. The van der Waals surface area contributed by atoms with Gasteiger partial charge in [0.25, 0.3) is 0 Å². The SMILES string of the molecule is CCC(CCN1CCCCC1)N1CCCC1. The molecule has 2 heteroatoms. The molecule has 0 bridgehead atoms. The van der Waals surface area contributed by atoms with Crippen molar-refractivity contribution in [1.29, 1.82) is 0 Å². The molecule has 1 atom stereocenters. The smallest absolute Gasteiger partial charge is 0.0105 e. The van der Waals surface area contributed by atoms with Gasteiger partial charge in [0, 0.05) is 6.04 Å². The maximum Gasteiger partial charge on any atom is 0.0105 e. The number of likely N-dealkylation sites (tertiary alicyclic amines) is 2. The molecule has 2 aliphatic heterocycles. The second-order valence-electron chi connectivity index (χ2n) is 5.50. The fourth-order valence-electron chi connectivity index (χ4n) is 3.27. The van der Waals surface area contributed by atoms with Crippen LogP contribution in [0.5, 0.6) is 0 Å². The largest absolute Gasteiger partial charge is 0.303 e. The lowest BCUT2D eigenvalue weighted by Gasteiger charge is -2.31. The summed E-state index contributed by atoms with van der Waals surface area (Å²) in [6.07, 6.45) is 9.92. The molecule has 0 amide bonds. The van der Waals surface area contributed by atoms with Gasteiger partial charge in [-0.2, -0.15) is 0 Å². The van der Waals surface area contributed by atoms with Crippen molar-refractivity contribution in [2.75, 3.05) is 32.7 Å². The molecule has 2 fully saturated rings. The molecule has 0 saturated carbocycles. The molecule has 1 unspecified atom stereocenters. The normalized spacial score (nSPS) is 26.1. The Hall–Kier alpha value is -0.0800. The van der Waals surface area contributed by atoms with Crippen LogP contribution in [-0.4, -0.2) is 48.6 Å². The molecule has 94 valence electrons. The van der Waals surface area contributed by atoms with Crippen LogP contribution in [0.15, 0.2) is 0 Å².